The van der Waals surface area contributed by atoms with Crippen LogP contribution in [0.1, 0.15) is 142 Å². The highest BCUT2D eigenvalue weighted by atomic mass is 16.7. The Labute approximate surface area is 347 Å². The van der Waals surface area contributed by atoms with Crippen LogP contribution in [0.15, 0.2) is 85.1 Å². The summed E-state index contributed by atoms with van der Waals surface area (Å²) in [5.74, 6) is -2.37. The number of hydrogen-bond donors (Lipinski definition) is 0. The minimum atomic E-state index is -1.64. The first-order valence-corrected chi connectivity index (χ1v) is 21.7. The van der Waals surface area contributed by atoms with Gasteiger partial charge in [-0.1, -0.05) is 131 Å². The van der Waals surface area contributed by atoms with Gasteiger partial charge in [0.1, 0.15) is 13.2 Å². The molecule has 9 heteroatoms. The van der Waals surface area contributed by atoms with Crippen LogP contribution in [0.3, 0.4) is 0 Å². The van der Waals surface area contributed by atoms with E-state index in [1.165, 1.54) is 6.42 Å². The highest BCUT2D eigenvalue weighted by molar-refractivity contribution is 5.70. The molecular weight excluding hydrogens is 719 g/mol. The van der Waals surface area contributed by atoms with Gasteiger partial charge in [-0.2, -0.15) is 0 Å². The van der Waals surface area contributed by atoms with E-state index in [9.17, 15) is 19.5 Å². The number of esters is 2. The first-order chi connectivity index (χ1) is 27.6. The van der Waals surface area contributed by atoms with E-state index < -0.39 is 24.3 Å². The average molecular weight is 798 g/mol. The molecule has 0 spiro atoms. The number of hydrogen-bond acceptors (Lipinski definition) is 8. The lowest BCUT2D eigenvalue weighted by Gasteiger charge is -2.26. The van der Waals surface area contributed by atoms with Crippen LogP contribution in [0.2, 0.25) is 0 Å². The maximum Gasteiger partial charge on any atom is 0.306 e. The summed E-state index contributed by atoms with van der Waals surface area (Å²) in [4.78, 5) is 36.9. The van der Waals surface area contributed by atoms with Crippen molar-refractivity contribution in [3.8, 4) is 0 Å². The Bertz CT molecular complexity index is 1210. The molecule has 9 nitrogen and oxygen atoms in total. The van der Waals surface area contributed by atoms with Crippen LogP contribution in [-0.2, 0) is 33.3 Å². The summed E-state index contributed by atoms with van der Waals surface area (Å²) in [7, 11) is 5.88. The normalized spacial score (nSPS) is 13.8. The molecular formula is C48H79NO8. The number of carboxylic acids is 1. The van der Waals surface area contributed by atoms with Gasteiger partial charge in [-0.3, -0.25) is 9.59 Å². The molecule has 0 saturated heterocycles. The lowest BCUT2D eigenvalue weighted by molar-refractivity contribution is -0.870. The van der Waals surface area contributed by atoms with E-state index in [4.69, 9.17) is 18.9 Å². The zero-order valence-corrected chi connectivity index (χ0v) is 36.4. The van der Waals surface area contributed by atoms with Crippen molar-refractivity contribution in [1.82, 2.24) is 0 Å². The quantitative estimate of drug-likeness (QED) is 0.0200. The van der Waals surface area contributed by atoms with E-state index in [0.29, 0.717) is 23.9 Å². The van der Waals surface area contributed by atoms with Gasteiger partial charge in [0.25, 0.3) is 0 Å². The third kappa shape index (κ3) is 40.5. The first kappa shape index (κ1) is 53.5. The van der Waals surface area contributed by atoms with Crippen LogP contribution in [0, 0.1) is 0 Å². The van der Waals surface area contributed by atoms with Crippen molar-refractivity contribution in [3.05, 3.63) is 85.1 Å². The van der Waals surface area contributed by atoms with Gasteiger partial charge in [-0.15, -0.1) is 0 Å². The molecule has 0 aromatic heterocycles. The Balaban J connectivity index is 4.56. The van der Waals surface area contributed by atoms with Crippen molar-refractivity contribution in [1.29, 1.82) is 0 Å². The molecule has 0 N–H and O–H groups in total. The van der Waals surface area contributed by atoms with E-state index in [1.54, 1.807) is 0 Å². The number of carbonyl (C=O) groups excluding carboxylic acids is 3. The smallest absolute Gasteiger partial charge is 0.306 e. The van der Waals surface area contributed by atoms with Crippen LogP contribution in [0.5, 0.6) is 0 Å². The Hall–Kier alpha value is -3.53. The van der Waals surface area contributed by atoms with Gasteiger partial charge in [0, 0.05) is 12.8 Å². The fraction of sp³-hybridized carbons (Fsp3) is 0.646. The Morgan fingerprint density at radius 3 is 1.51 bits per heavy atom. The predicted octanol–water partition coefficient (Wildman–Crippen LogP) is 9.99. The molecule has 0 amide bonds. The minimum absolute atomic E-state index is 0.134. The topological polar surface area (TPSA) is 111 Å². The van der Waals surface area contributed by atoms with Gasteiger partial charge >= 0.3 is 11.9 Å². The predicted molar refractivity (Wildman–Crippen MR) is 232 cm³/mol. The molecule has 0 saturated carbocycles. The molecule has 0 heterocycles. The Morgan fingerprint density at radius 2 is 1.00 bits per heavy atom. The van der Waals surface area contributed by atoms with Crippen LogP contribution in [0.25, 0.3) is 0 Å². The fourth-order valence-corrected chi connectivity index (χ4v) is 5.24. The first-order valence-electron chi connectivity index (χ1n) is 21.7. The van der Waals surface area contributed by atoms with E-state index in [1.807, 2.05) is 21.1 Å². The number of nitrogens with zero attached hydrogens (tertiary/aromatic N) is 1. The molecule has 0 rings (SSSR count). The third-order valence-corrected chi connectivity index (χ3v) is 8.61. The van der Waals surface area contributed by atoms with Crippen molar-refractivity contribution >= 4 is 17.9 Å². The highest BCUT2D eigenvalue weighted by Crippen LogP contribution is 2.11. The lowest BCUT2D eigenvalue weighted by atomic mass is 10.1. The number of quaternary nitrogens is 1. The number of carboxylic acid groups (broad SMARTS) is 1. The zero-order valence-electron chi connectivity index (χ0n) is 36.4. The van der Waals surface area contributed by atoms with Crippen LogP contribution in [-0.4, -0.2) is 82.3 Å². The summed E-state index contributed by atoms with van der Waals surface area (Å²) in [5, 5.41) is 11.7. The number of rotatable bonds is 38. The molecule has 324 valence electrons. The van der Waals surface area contributed by atoms with E-state index >= 15 is 0 Å². The number of aliphatic carboxylic acids is 1. The molecule has 0 aliphatic carbocycles. The number of allylic oxidation sites excluding steroid dienone is 14. The van der Waals surface area contributed by atoms with Crippen molar-refractivity contribution in [3.63, 3.8) is 0 Å². The van der Waals surface area contributed by atoms with Gasteiger partial charge in [-0.25, -0.2) is 0 Å². The van der Waals surface area contributed by atoms with E-state index in [-0.39, 0.29) is 38.6 Å². The molecule has 0 fully saturated rings. The number of unbranched alkanes of at least 4 members (excludes halogenated alkanes) is 9. The zero-order chi connectivity index (χ0) is 42.1. The summed E-state index contributed by atoms with van der Waals surface area (Å²) in [5.41, 5.74) is 0. The van der Waals surface area contributed by atoms with Crippen molar-refractivity contribution in [2.24, 2.45) is 0 Å². The fourth-order valence-electron chi connectivity index (χ4n) is 5.24. The molecule has 2 unspecified atom stereocenters. The van der Waals surface area contributed by atoms with Crippen molar-refractivity contribution in [2.75, 3.05) is 47.5 Å². The van der Waals surface area contributed by atoms with Gasteiger partial charge in [0.2, 0.25) is 0 Å². The molecule has 0 aliphatic rings. The lowest BCUT2D eigenvalue weighted by Crippen LogP contribution is -2.44. The second kappa shape index (κ2) is 39.3. The summed E-state index contributed by atoms with van der Waals surface area (Å²) in [6, 6.07) is 0. The third-order valence-electron chi connectivity index (χ3n) is 8.61. The number of carbonyl (C=O) groups is 3. The largest absolute Gasteiger partial charge is 0.545 e. The molecule has 0 bridgehead atoms. The second-order valence-corrected chi connectivity index (χ2v) is 15.2. The Kier molecular flexibility index (Phi) is 36.9. The average Bonchev–Trinajstić information content (AvgIpc) is 3.17. The minimum Gasteiger partial charge on any atom is -0.545 e. The number of likely N-dealkylation sites (N-methyl/N-ethyl adjacent to an activating group) is 1. The molecule has 0 aromatic carbocycles. The second-order valence-electron chi connectivity index (χ2n) is 15.2. The summed E-state index contributed by atoms with van der Waals surface area (Å²) < 4.78 is 22.5. The van der Waals surface area contributed by atoms with Gasteiger partial charge in [-0.05, 0) is 83.5 Å². The van der Waals surface area contributed by atoms with Gasteiger partial charge in [0.15, 0.2) is 12.4 Å². The SMILES string of the molecule is CC/C=C\C/C=C\C/C=C\C/C=C\C/C=C\CCCCCC(=O)OC(COC(=O)CCCCCCC/C=C\C/C=C\CCC)COC(OCC[N+](C)(C)C)C(=O)[O-]. The molecule has 57 heavy (non-hydrogen) atoms. The maximum absolute atomic E-state index is 12.7. The molecule has 0 aliphatic heterocycles. The highest BCUT2D eigenvalue weighted by Gasteiger charge is 2.21. The summed E-state index contributed by atoms with van der Waals surface area (Å²) in [6.45, 7) is 4.47. The monoisotopic (exact) mass is 798 g/mol. The van der Waals surface area contributed by atoms with Crippen LogP contribution < -0.4 is 5.11 Å². The van der Waals surface area contributed by atoms with E-state index in [0.717, 1.165) is 96.3 Å². The van der Waals surface area contributed by atoms with Crippen LogP contribution in [0.4, 0.5) is 0 Å². The van der Waals surface area contributed by atoms with Crippen molar-refractivity contribution in [2.45, 2.75) is 155 Å². The molecule has 2 atom stereocenters. The molecule has 0 aromatic rings. The Morgan fingerprint density at radius 1 is 0.544 bits per heavy atom. The maximum atomic E-state index is 12.7. The number of ether oxygens (including phenoxy) is 4. The van der Waals surface area contributed by atoms with Gasteiger partial charge < -0.3 is 33.3 Å². The summed E-state index contributed by atoms with van der Waals surface area (Å²) in [6.07, 6.45) is 46.1. The standard InChI is InChI=1S/C48H79NO8/c1-6-8-10-12-14-16-18-20-21-22-23-24-25-27-29-31-33-35-37-39-46(51)57-44(43-56-48(47(52)53)54-41-40-49(3,4)5)42-55-45(50)38-36-34-32-30-28-26-19-17-15-13-11-9-7-2/h8,10-11,13-14,16-17,19-21,23-24,27,29,44,48H,6-7,9,12,15,18,22,25-26,28,30-43H2,1-5H3/b10-8-,13-11-,16-14-,19-17-,21-20-,24-23-,29-27-. The summed E-state index contributed by atoms with van der Waals surface area (Å²) >= 11 is 0. The van der Waals surface area contributed by atoms with Gasteiger partial charge in [0.05, 0.1) is 40.3 Å². The van der Waals surface area contributed by atoms with E-state index in [2.05, 4.69) is 98.9 Å². The van der Waals surface area contributed by atoms with Crippen LogP contribution >= 0.6 is 0 Å². The molecule has 0 radical (unpaired) electrons. The van der Waals surface area contributed by atoms with Crippen molar-refractivity contribution < 1.29 is 42.9 Å².